The highest BCUT2D eigenvalue weighted by atomic mass is 19.4. The summed E-state index contributed by atoms with van der Waals surface area (Å²) in [5.41, 5.74) is 0.0694. The van der Waals surface area contributed by atoms with Crippen LogP contribution in [-0.4, -0.2) is 19.3 Å². The lowest BCUT2D eigenvalue weighted by atomic mass is 10.1. The Balaban J connectivity index is 2.77. The Kier molecular flexibility index (Phi) is 2.23. The van der Waals surface area contributed by atoms with Crippen LogP contribution in [0.2, 0.25) is 0 Å². The maximum atomic E-state index is 12.0. The zero-order chi connectivity index (χ0) is 8.48. The second kappa shape index (κ2) is 2.85. The number of alkyl halides is 3. The van der Waals surface area contributed by atoms with E-state index >= 15 is 0 Å². The molecule has 0 aromatic rings. The van der Waals surface area contributed by atoms with Crippen LogP contribution in [0.5, 0.6) is 0 Å². The molecule has 0 amide bonds. The van der Waals surface area contributed by atoms with E-state index in [1.54, 1.807) is 0 Å². The van der Waals surface area contributed by atoms with Gasteiger partial charge in [0.05, 0.1) is 0 Å². The Bertz CT molecular complexity index is 173. The van der Waals surface area contributed by atoms with Crippen LogP contribution in [0.4, 0.5) is 13.2 Å². The third-order valence-corrected chi connectivity index (χ3v) is 1.90. The Morgan fingerprint density at radius 2 is 2.09 bits per heavy atom. The van der Waals surface area contributed by atoms with Crippen molar-refractivity contribution in [2.45, 2.75) is 19.5 Å². The smallest absolute Gasteiger partial charge is 0.313 e. The fourth-order valence-corrected chi connectivity index (χ4v) is 1.09. The SMILES string of the molecule is C/C(=C1\CCNC1)C(F)(F)F. The zero-order valence-electron chi connectivity index (χ0n) is 6.26. The Morgan fingerprint density at radius 3 is 2.45 bits per heavy atom. The molecule has 0 aromatic heterocycles. The number of hydrogen-bond donors (Lipinski definition) is 1. The first kappa shape index (κ1) is 8.59. The molecule has 1 aliphatic rings. The largest absolute Gasteiger partial charge is 0.412 e. The lowest BCUT2D eigenvalue weighted by molar-refractivity contribution is -0.0922. The van der Waals surface area contributed by atoms with E-state index in [2.05, 4.69) is 5.32 Å². The van der Waals surface area contributed by atoms with Gasteiger partial charge in [0.1, 0.15) is 0 Å². The average molecular weight is 165 g/mol. The number of rotatable bonds is 0. The minimum atomic E-state index is -4.14. The van der Waals surface area contributed by atoms with Crippen molar-refractivity contribution in [3.8, 4) is 0 Å². The van der Waals surface area contributed by atoms with Crippen molar-refractivity contribution in [3.63, 3.8) is 0 Å². The Labute approximate surface area is 63.3 Å². The van der Waals surface area contributed by atoms with E-state index in [1.165, 1.54) is 0 Å². The van der Waals surface area contributed by atoms with E-state index in [0.29, 0.717) is 25.1 Å². The molecule has 1 aliphatic heterocycles. The van der Waals surface area contributed by atoms with E-state index in [0.717, 1.165) is 6.92 Å². The Hall–Kier alpha value is -0.510. The first-order valence-corrected chi connectivity index (χ1v) is 3.48. The summed E-state index contributed by atoms with van der Waals surface area (Å²) >= 11 is 0. The number of halogens is 3. The molecule has 0 saturated carbocycles. The zero-order valence-corrected chi connectivity index (χ0v) is 6.26. The third kappa shape index (κ3) is 1.96. The van der Waals surface area contributed by atoms with E-state index in [4.69, 9.17) is 0 Å². The molecule has 0 aliphatic carbocycles. The highest BCUT2D eigenvalue weighted by molar-refractivity contribution is 5.20. The second-order valence-corrected chi connectivity index (χ2v) is 2.65. The molecular formula is C7H10F3N. The predicted octanol–water partition coefficient (Wildman–Crippen LogP) is 1.86. The minimum absolute atomic E-state index is 0.394. The predicted molar refractivity (Wildman–Crippen MR) is 36.2 cm³/mol. The lowest BCUT2D eigenvalue weighted by Gasteiger charge is -2.09. The van der Waals surface area contributed by atoms with Gasteiger partial charge in [-0.15, -0.1) is 0 Å². The van der Waals surface area contributed by atoms with Gasteiger partial charge in [0, 0.05) is 12.1 Å². The van der Waals surface area contributed by atoms with Gasteiger partial charge in [-0.1, -0.05) is 0 Å². The van der Waals surface area contributed by atoms with Crippen molar-refractivity contribution >= 4 is 0 Å². The van der Waals surface area contributed by atoms with Crippen LogP contribution in [0, 0.1) is 0 Å². The molecule has 1 heterocycles. The standard InChI is InChI=1S/C7H10F3N/c1-5(7(8,9)10)6-2-3-11-4-6/h11H,2-4H2,1H3/b6-5-. The van der Waals surface area contributed by atoms with Crippen molar-refractivity contribution in [2.75, 3.05) is 13.1 Å². The van der Waals surface area contributed by atoms with Gasteiger partial charge in [-0.3, -0.25) is 0 Å². The average Bonchev–Trinajstić information content (AvgIpc) is 2.34. The molecule has 1 nitrogen and oxygen atoms in total. The number of nitrogens with one attached hydrogen (secondary N) is 1. The highest BCUT2D eigenvalue weighted by Gasteiger charge is 2.32. The normalized spacial score (nSPS) is 24.0. The van der Waals surface area contributed by atoms with Crippen LogP contribution in [0.15, 0.2) is 11.1 Å². The van der Waals surface area contributed by atoms with Gasteiger partial charge >= 0.3 is 6.18 Å². The summed E-state index contributed by atoms with van der Waals surface area (Å²) in [6, 6.07) is 0. The first-order chi connectivity index (χ1) is 5.02. The van der Waals surface area contributed by atoms with Crippen LogP contribution >= 0.6 is 0 Å². The minimum Gasteiger partial charge on any atom is -0.313 e. The Morgan fingerprint density at radius 1 is 1.45 bits per heavy atom. The fourth-order valence-electron chi connectivity index (χ4n) is 1.09. The summed E-state index contributed by atoms with van der Waals surface area (Å²) in [7, 11) is 0. The maximum Gasteiger partial charge on any atom is 0.412 e. The van der Waals surface area contributed by atoms with E-state index in [9.17, 15) is 13.2 Å². The van der Waals surface area contributed by atoms with Crippen LogP contribution < -0.4 is 5.32 Å². The quantitative estimate of drug-likeness (QED) is 0.540. The van der Waals surface area contributed by atoms with Crippen LogP contribution in [0.3, 0.4) is 0 Å². The monoisotopic (exact) mass is 165 g/mol. The van der Waals surface area contributed by atoms with Gasteiger partial charge in [0.25, 0.3) is 0 Å². The van der Waals surface area contributed by atoms with E-state index in [-0.39, 0.29) is 0 Å². The third-order valence-electron chi connectivity index (χ3n) is 1.90. The summed E-state index contributed by atoms with van der Waals surface area (Å²) in [5, 5.41) is 2.87. The molecular weight excluding hydrogens is 155 g/mol. The van der Waals surface area contributed by atoms with Gasteiger partial charge in [-0.05, 0) is 25.5 Å². The molecule has 4 heteroatoms. The molecule has 0 atom stereocenters. The summed E-state index contributed by atoms with van der Waals surface area (Å²) in [4.78, 5) is 0. The number of allylic oxidation sites excluding steroid dienone is 1. The van der Waals surface area contributed by atoms with Crippen LogP contribution in [0.1, 0.15) is 13.3 Å². The molecule has 0 spiro atoms. The van der Waals surface area contributed by atoms with Crippen LogP contribution in [-0.2, 0) is 0 Å². The van der Waals surface area contributed by atoms with E-state index in [1.807, 2.05) is 0 Å². The van der Waals surface area contributed by atoms with Gasteiger partial charge < -0.3 is 5.32 Å². The molecule has 0 aromatic carbocycles. The van der Waals surface area contributed by atoms with Crippen LogP contribution in [0.25, 0.3) is 0 Å². The lowest BCUT2D eigenvalue weighted by Crippen LogP contribution is -2.13. The summed E-state index contributed by atoms with van der Waals surface area (Å²) in [6.07, 6.45) is -3.60. The molecule has 1 saturated heterocycles. The van der Waals surface area contributed by atoms with Gasteiger partial charge in [0.15, 0.2) is 0 Å². The molecule has 0 radical (unpaired) electrons. The van der Waals surface area contributed by atoms with Gasteiger partial charge in [-0.25, -0.2) is 0 Å². The molecule has 1 fully saturated rings. The summed E-state index contributed by atoms with van der Waals surface area (Å²) < 4.78 is 36.0. The first-order valence-electron chi connectivity index (χ1n) is 3.48. The van der Waals surface area contributed by atoms with Gasteiger partial charge in [0.2, 0.25) is 0 Å². The fraction of sp³-hybridized carbons (Fsp3) is 0.714. The second-order valence-electron chi connectivity index (χ2n) is 2.65. The van der Waals surface area contributed by atoms with Crippen molar-refractivity contribution < 1.29 is 13.2 Å². The van der Waals surface area contributed by atoms with E-state index < -0.39 is 11.7 Å². The topological polar surface area (TPSA) is 12.0 Å². The molecule has 1 N–H and O–H groups in total. The molecule has 0 unspecified atom stereocenters. The van der Waals surface area contributed by atoms with Crippen molar-refractivity contribution in [3.05, 3.63) is 11.1 Å². The summed E-state index contributed by atoms with van der Waals surface area (Å²) in [5.74, 6) is 0. The maximum absolute atomic E-state index is 12.0. The molecule has 11 heavy (non-hydrogen) atoms. The molecule has 1 rings (SSSR count). The van der Waals surface area contributed by atoms with Crippen molar-refractivity contribution in [2.24, 2.45) is 0 Å². The molecule has 0 bridgehead atoms. The number of hydrogen-bond acceptors (Lipinski definition) is 1. The van der Waals surface area contributed by atoms with Gasteiger partial charge in [-0.2, -0.15) is 13.2 Å². The molecule has 64 valence electrons. The summed E-state index contributed by atoms with van der Waals surface area (Å²) in [6.45, 7) is 2.20. The van der Waals surface area contributed by atoms with Crippen molar-refractivity contribution in [1.82, 2.24) is 5.32 Å². The van der Waals surface area contributed by atoms with Crippen molar-refractivity contribution in [1.29, 1.82) is 0 Å². The highest BCUT2D eigenvalue weighted by Crippen LogP contribution is 2.29.